The standard InChI is InChI=1S/C28H31ClN2O2/c1-21-7-6-8-23(15-21)20-33-27-17-24(16-25(29)18-27)28(32)30(2)26-11-9-22(10-12-26)19-31-13-4-3-5-14-31/h6-12,15-18H,3-5,13-14,19-20H2,1-2H3. The van der Waals surface area contributed by atoms with Crippen LogP contribution in [-0.4, -0.2) is 30.9 Å². The number of rotatable bonds is 7. The number of aryl methyl sites for hydroxylation is 1. The zero-order valence-electron chi connectivity index (χ0n) is 19.4. The van der Waals surface area contributed by atoms with Crippen LogP contribution < -0.4 is 9.64 Å². The normalized spacial score (nSPS) is 14.2. The minimum Gasteiger partial charge on any atom is -0.489 e. The van der Waals surface area contributed by atoms with E-state index in [1.165, 1.54) is 43.5 Å². The molecule has 33 heavy (non-hydrogen) atoms. The fourth-order valence-corrected chi connectivity index (χ4v) is 4.47. The summed E-state index contributed by atoms with van der Waals surface area (Å²) in [5, 5.41) is 0.477. The molecule has 0 atom stereocenters. The number of piperidine rings is 1. The van der Waals surface area contributed by atoms with Gasteiger partial charge in [-0.25, -0.2) is 0 Å². The second-order valence-corrected chi connectivity index (χ2v) is 9.26. The third-order valence-corrected chi connectivity index (χ3v) is 6.31. The molecule has 0 spiro atoms. The fourth-order valence-electron chi connectivity index (χ4n) is 4.25. The molecule has 0 aromatic heterocycles. The van der Waals surface area contributed by atoms with Crippen LogP contribution in [0.1, 0.15) is 46.3 Å². The molecular weight excluding hydrogens is 432 g/mol. The number of hydrogen-bond acceptors (Lipinski definition) is 3. The van der Waals surface area contributed by atoms with Crippen LogP contribution in [0.3, 0.4) is 0 Å². The summed E-state index contributed by atoms with van der Waals surface area (Å²) in [5.41, 5.74) is 4.88. The van der Waals surface area contributed by atoms with E-state index in [0.29, 0.717) is 22.9 Å². The number of carbonyl (C=O) groups excluding carboxylic acids is 1. The Morgan fingerprint density at radius 3 is 2.45 bits per heavy atom. The van der Waals surface area contributed by atoms with Crippen molar-refractivity contribution in [3.8, 4) is 5.75 Å². The molecule has 4 nitrogen and oxygen atoms in total. The van der Waals surface area contributed by atoms with E-state index in [-0.39, 0.29) is 5.91 Å². The van der Waals surface area contributed by atoms with Gasteiger partial charge in [0.15, 0.2) is 0 Å². The first-order valence-electron chi connectivity index (χ1n) is 11.6. The zero-order chi connectivity index (χ0) is 23.2. The SMILES string of the molecule is Cc1cccc(COc2cc(Cl)cc(C(=O)N(C)c3ccc(CN4CCCCC4)cc3)c2)c1. The monoisotopic (exact) mass is 462 g/mol. The van der Waals surface area contributed by atoms with Crippen LogP contribution in [-0.2, 0) is 13.2 Å². The van der Waals surface area contributed by atoms with Gasteiger partial charge in [-0.3, -0.25) is 9.69 Å². The topological polar surface area (TPSA) is 32.8 Å². The van der Waals surface area contributed by atoms with Gasteiger partial charge in [0.1, 0.15) is 12.4 Å². The second-order valence-electron chi connectivity index (χ2n) is 8.82. The van der Waals surface area contributed by atoms with E-state index < -0.39 is 0 Å². The molecule has 172 valence electrons. The Hall–Kier alpha value is -2.82. The Balaban J connectivity index is 1.42. The Morgan fingerprint density at radius 2 is 1.73 bits per heavy atom. The number of nitrogens with zero attached hydrogens (tertiary/aromatic N) is 2. The van der Waals surface area contributed by atoms with E-state index in [4.69, 9.17) is 16.3 Å². The highest BCUT2D eigenvalue weighted by Crippen LogP contribution is 2.25. The van der Waals surface area contributed by atoms with Gasteiger partial charge in [0.05, 0.1) is 0 Å². The predicted octanol–water partition coefficient (Wildman–Crippen LogP) is 6.49. The Labute approximate surface area is 201 Å². The van der Waals surface area contributed by atoms with Gasteiger partial charge in [-0.1, -0.05) is 60.0 Å². The number of likely N-dealkylation sites (tertiary alicyclic amines) is 1. The molecule has 0 bridgehead atoms. The molecule has 1 saturated heterocycles. The number of carbonyl (C=O) groups is 1. The highest BCUT2D eigenvalue weighted by molar-refractivity contribution is 6.31. The van der Waals surface area contributed by atoms with Crippen LogP contribution in [0, 0.1) is 6.92 Å². The van der Waals surface area contributed by atoms with Gasteiger partial charge in [-0.05, 0) is 74.3 Å². The number of ether oxygens (including phenoxy) is 1. The first-order chi connectivity index (χ1) is 16.0. The average Bonchev–Trinajstić information content (AvgIpc) is 2.83. The van der Waals surface area contributed by atoms with E-state index in [2.05, 4.69) is 36.1 Å². The van der Waals surface area contributed by atoms with Crippen molar-refractivity contribution in [2.75, 3.05) is 25.0 Å². The molecule has 5 heteroatoms. The maximum atomic E-state index is 13.2. The number of amides is 1. The first kappa shape index (κ1) is 23.3. The highest BCUT2D eigenvalue weighted by atomic mass is 35.5. The quantitative estimate of drug-likeness (QED) is 0.402. The smallest absolute Gasteiger partial charge is 0.258 e. The molecule has 1 heterocycles. The Morgan fingerprint density at radius 1 is 0.970 bits per heavy atom. The third kappa shape index (κ3) is 6.37. The van der Waals surface area contributed by atoms with Gasteiger partial charge in [-0.15, -0.1) is 0 Å². The molecule has 0 aliphatic carbocycles. The van der Waals surface area contributed by atoms with Crippen molar-refractivity contribution in [2.24, 2.45) is 0 Å². The largest absolute Gasteiger partial charge is 0.489 e. The minimum atomic E-state index is -0.123. The third-order valence-electron chi connectivity index (χ3n) is 6.09. The van der Waals surface area contributed by atoms with Crippen molar-refractivity contribution in [1.29, 1.82) is 0 Å². The molecule has 1 aliphatic heterocycles. The second kappa shape index (κ2) is 10.9. The number of hydrogen-bond donors (Lipinski definition) is 0. The summed E-state index contributed by atoms with van der Waals surface area (Å²) >= 11 is 6.31. The maximum Gasteiger partial charge on any atom is 0.258 e. The van der Waals surface area contributed by atoms with Crippen LogP contribution >= 0.6 is 11.6 Å². The van der Waals surface area contributed by atoms with Gasteiger partial charge in [0, 0.05) is 29.9 Å². The van der Waals surface area contributed by atoms with E-state index in [1.807, 2.05) is 24.3 Å². The lowest BCUT2D eigenvalue weighted by molar-refractivity contribution is 0.0992. The lowest BCUT2D eigenvalue weighted by Gasteiger charge is -2.26. The molecule has 0 N–H and O–H groups in total. The van der Waals surface area contributed by atoms with E-state index in [1.54, 1.807) is 30.1 Å². The Bertz CT molecular complexity index is 1090. The van der Waals surface area contributed by atoms with Gasteiger partial charge < -0.3 is 9.64 Å². The summed E-state index contributed by atoms with van der Waals surface area (Å²) in [7, 11) is 1.79. The highest BCUT2D eigenvalue weighted by Gasteiger charge is 2.16. The molecular formula is C28H31ClN2O2. The predicted molar refractivity (Wildman–Crippen MR) is 135 cm³/mol. The molecule has 4 rings (SSSR count). The van der Waals surface area contributed by atoms with Crippen LogP contribution in [0.4, 0.5) is 5.69 Å². The van der Waals surface area contributed by atoms with E-state index >= 15 is 0 Å². The van der Waals surface area contributed by atoms with Crippen molar-refractivity contribution in [1.82, 2.24) is 4.90 Å². The molecule has 3 aromatic carbocycles. The lowest BCUT2D eigenvalue weighted by atomic mass is 10.1. The molecule has 1 aliphatic rings. The average molecular weight is 463 g/mol. The number of halogens is 1. The Kier molecular flexibility index (Phi) is 7.69. The van der Waals surface area contributed by atoms with Crippen LogP contribution in [0.25, 0.3) is 0 Å². The molecule has 3 aromatic rings. The van der Waals surface area contributed by atoms with E-state index in [9.17, 15) is 4.79 Å². The minimum absolute atomic E-state index is 0.123. The fraction of sp³-hybridized carbons (Fsp3) is 0.321. The van der Waals surface area contributed by atoms with Gasteiger partial charge in [-0.2, -0.15) is 0 Å². The van der Waals surface area contributed by atoms with E-state index in [0.717, 1.165) is 17.8 Å². The van der Waals surface area contributed by atoms with Crippen LogP contribution in [0.15, 0.2) is 66.7 Å². The summed E-state index contributed by atoms with van der Waals surface area (Å²) in [6, 6.07) is 21.6. The summed E-state index contributed by atoms with van der Waals surface area (Å²) in [6.45, 7) is 5.78. The van der Waals surface area contributed by atoms with Gasteiger partial charge >= 0.3 is 0 Å². The summed E-state index contributed by atoms with van der Waals surface area (Å²) in [6.07, 6.45) is 3.90. The molecule has 0 saturated carbocycles. The first-order valence-corrected chi connectivity index (χ1v) is 11.9. The van der Waals surface area contributed by atoms with Crippen molar-refractivity contribution < 1.29 is 9.53 Å². The molecule has 0 radical (unpaired) electrons. The van der Waals surface area contributed by atoms with Crippen molar-refractivity contribution in [2.45, 2.75) is 39.3 Å². The van der Waals surface area contributed by atoms with Crippen LogP contribution in [0.2, 0.25) is 5.02 Å². The van der Waals surface area contributed by atoms with Gasteiger partial charge in [0.2, 0.25) is 0 Å². The summed E-state index contributed by atoms with van der Waals surface area (Å²) in [5.74, 6) is 0.458. The summed E-state index contributed by atoms with van der Waals surface area (Å²) < 4.78 is 5.93. The zero-order valence-corrected chi connectivity index (χ0v) is 20.1. The lowest BCUT2D eigenvalue weighted by Crippen LogP contribution is -2.29. The van der Waals surface area contributed by atoms with Crippen molar-refractivity contribution >= 4 is 23.2 Å². The van der Waals surface area contributed by atoms with Crippen molar-refractivity contribution in [3.05, 3.63) is 94.0 Å². The number of benzene rings is 3. The molecule has 1 amide bonds. The van der Waals surface area contributed by atoms with Gasteiger partial charge in [0.25, 0.3) is 5.91 Å². The number of anilines is 1. The van der Waals surface area contributed by atoms with Crippen molar-refractivity contribution in [3.63, 3.8) is 0 Å². The molecule has 0 unspecified atom stereocenters. The summed E-state index contributed by atoms with van der Waals surface area (Å²) in [4.78, 5) is 17.3. The maximum absolute atomic E-state index is 13.2. The molecule has 1 fully saturated rings. The van der Waals surface area contributed by atoms with Crippen LogP contribution in [0.5, 0.6) is 5.75 Å².